The van der Waals surface area contributed by atoms with Crippen molar-refractivity contribution in [1.82, 2.24) is 16.0 Å². The maximum atomic E-state index is 11.5. The highest BCUT2D eigenvalue weighted by atomic mass is 16.2. The molecule has 1 aliphatic carbocycles. The predicted molar refractivity (Wildman–Crippen MR) is 71.2 cm³/mol. The zero-order valence-corrected chi connectivity index (χ0v) is 11.3. The molecule has 2 amide bonds. The predicted octanol–water partition coefficient (Wildman–Crippen LogP) is 0.551. The molecule has 18 heavy (non-hydrogen) atoms. The van der Waals surface area contributed by atoms with Gasteiger partial charge in [0.15, 0.2) is 0 Å². The average molecular weight is 255 g/mol. The molecule has 3 N–H and O–H groups in total. The third kappa shape index (κ3) is 6.59. The number of hydrogen-bond donors (Lipinski definition) is 3. The molecule has 0 unspecified atom stereocenters. The number of carbonyl (C=O) groups is 2. The molecule has 1 saturated carbocycles. The van der Waals surface area contributed by atoms with Crippen LogP contribution >= 0.6 is 0 Å². The summed E-state index contributed by atoms with van der Waals surface area (Å²) in [5.41, 5.74) is 0. The summed E-state index contributed by atoms with van der Waals surface area (Å²) in [6, 6.07) is 0.503. The average Bonchev–Trinajstić information content (AvgIpc) is 2.87. The van der Waals surface area contributed by atoms with Crippen molar-refractivity contribution in [3.63, 3.8) is 0 Å². The van der Waals surface area contributed by atoms with Crippen LogP contribution in [0.5, 0.6) is 0 Å². The van der Waals surface area contributed by atoms with Gasteiger partial charge in [0.1, 0.15) is 0 Å². The van der Waals surface area contributed by atoms with Crippen molar-refractivity contribution < 1.29 is 9.59 Å². The second-order valence-electron chi connectivity index (χ2n) is 4.81. The van der Waals surface area contributed by atoms with Crippen LogP contribution in [0.2, 0.25) is 0 Å². The fourth-order valence-electron chi connectivity index (χ4n) is 2.10. The summed E-state index contributed by atoms with van der Waals surface area (Å²) in [4.78, 5) is 22.8. The molecular formula is C13H25N3O2. The van der Waals surface area contributed by atoms with Crippen LogP contribution in [0.3, 0.4) is 0 Å². The van der Waals surface area contributed by atoms with E-state index in [4.69, 9.17) is 0 Å². The van der Waals surface area contributed by atoms with Gasteiger partial charge in [0.25, 0.3) is 0 Å². The van der Waals surface area contributed by atoms with Gasteiger partial charge in [-0.15, -0.1) is 0 Å². The molecule has 0 radical (unpaired) electrons. The Hall–Kier alpha value is -1.10. The van der Waals surface area contributed by atoms with Crippen molar-refractivity contribution in [1.29, 1.82) is 0 Å². The van der Waals surface area contributed by atoms with Crippen LogP contribution in [0.1, 0.15) is 45.4 Å². The summed E-state index contributed by atoms with van der Waals surface area (Å²) in [5, 5.41) is 8.77. The lowest BCUT2D eigenvalue weighted by molar-refractivity contribution is -0.122. The van der Waals surface area contributed by atoms with Crippen LogP contribution in [-0.2, 0) is 9.59 Å². The highest BCUT2D eigenvalue weighted by Crippen LogP contribution is 2.17. The lowest BCUT2D eigenvalue weighted by atomic mass is 10.2. The molecule has 0 spiro atoms. The molecular weight excluding hydrogens is 230 g/mol. The van der Waals surface area contributed by atoms with E-state index in [0.29, 0.717) is 32.1 Å². The minimum Gasteiger partial charge on any atom is -0.356 e. The van der Waals surface area contributed by atoms with Crippen LogP contribution in [-0.4, -0.2) is 37.5 Å². The van der Waals surface area contributed by atoms with Gasteiger partial charge in [-0.3, -0.25) is 9.59 Å². The monoisotopic (exact) mass is 255 g/mol. The van der Waals surface area contributed by atoms with Crippen molar-refractivity contribution in [3.8, 4) is 0 Å². The second-order valence-corrected chi connectivity index (χ2v) is 4.81. The summed E-state index contributed by atoms with van der Waals surface area (Å²) in [5.74, 6) is -0.0221. The Morgan fingerprint density at radius 1 is 1.06 bits per heavy atom. The van der Waals surface area contributed by atoms with E-state index < -0.39 is 0 Å². The summed E-state index contributed by atoms with van der Waals surface area (Å²) in [6.45, 7) is 3.49. The number of nitrogens with one attached hydrogen (secondary N) is 3. The SMILES string of the molecule is CCCNC(=O)CCNC(=O)CNC1CCCC1. The molecule has 1 rings (SSSR count). The van der Waals surface area contributed by atoms with Gasteiger partial charge in [-0.25, -0.2) is 0 Å². The maximum absolute atomic E-state index is 11.5. The van der Waals surface area contributed by atoms with Gasteiger partial charge in [-0.1, -0.05) is 19.8 Å². The van der Waals surface area contributed by atoms with Crippen molar-refractivity contribution in [2.75, 3.05) is 19.6 Å². The van der Waals surface area contributed by atoms with Crippen molar-refractivity contribution >= 4 is 11.8 Å². The zero-order valence-electron chi connectivity index (χ0n) is 11.3. The van der Waals surface area contributed by atoms with Gasteiger partial charge in [0, 0.05) is 25.6 Å². The van der Waals surface area contributed by atoms with Crippen LogP contribution in [0.25, 0.3) is 0 Å². The topological polar surface area (TPSA) is 70.2 Å². The van der Waals surface area contributed by atoms with Gasteiger partial charge in [0.05, 0.1) is 6.54 Å². The van der Waals surface area contributed by atoms with Crippen molar-refractivity contribution in [3.05, 3.63) is 0 Å². The number of carbonyl (C=O) groups excluding carboxylic acids is 2. The van der Waals surface area contributed by atoms with E-state index in [1.165, 1.54) is 25.7 Å². The van der Waals surface area contributed by atoms with Crippen LogP contribution in [0, 0.1) is 0 Å². The standard InChI is InChI=1S/C13H25N3O2/c1-2-8-14-12(17)7-9-15-13(18)10-16-11-5-3-4-6-11/h11,16H,2-10H2,1H3,(H,14,17)(H,15,18). The quantitative estimate of drug-likeness (QED) is 0.593. The lowest BCUT2D eigenvalue weighted by Gasteiger charge is -2.11. The molecule has 0 heterocycles. The van der Waals surface area contributed by atoms with Gasteiger partial charge in [0.2, 0.25) is 11.8 Å². The maximum Gasteiger partial charge on any atom is 0.233 e. The third-order valence-electron chi connectivity index (χ3n) is 3.15. The second kappa shape index (κ2) is 8.91. The van der Waals surface area contributed by atoms with Crippen LogP contribution in [0.15, 0.2) is 0 Å². The third-order valence-corrected chi connectivity index (χ3v) is 3.15. The zero-order chi connectivity index (χ0) is 13.2. The minimum absolute atomic E-state index is 0.000835. The van der Waals surface area contributed by atoms with E-state index >= 15 is 0 Å². The first-order valence-corrected chi connectivity index (χ1v) is 6.99. The first kappa shape index (κ1) is 15.0. The van der Waals surface area contributed by atoms with Gasteiger partial charge >= 0.3 is 0 Å². The molecule has 104 valence electrons. The number of rotatable bonds is 8. The Kier molecular flexibility index (Phi) is 7.41. The number of hydrogen-bond acceptors (Lipinski definition) is 3. The van der Waals surface area contributed by atoms with Gasteiger partial charge in [-0.05, 0) is 19.3 Å². The molecule has 0 aliphatic heterocycles. The molecule has 0 bridgehead atoms. The Morgan fingerprint density at radius 3 is 2.39 bits per heavy atom. The first-order chi connectivity index (χ1) is 8.72. The molecule has 5 heteroatoms. The fourth-order valence-corrected chi connectivity index (χ4v) is 2.10. The first-order valence-electron chi connectivity index (χ1n) is 6.99. The smallest absolute Gasteiger partial charge is 0.233 e. The Labute approximate surface area is 109 Å². The lowest BCUT2D eigenvalue weighted by Crippen LogP contribution is -2.39. The van der Waals surface area contributed by atoms with Crippen LogP contribution in [0.4, 0.5) is 0 Å². The molecule has 0 saturated heterocycles. The number of amides is 2. The van der Waals surface area contributed by atoms with E-state index in [-0.39, 0.29) is 11.8 Å². The highest BCUT2D eigenvalue weighted by Gasteiger charge is 2.15. The normalized spacial score (nSPS) is 15.6. The summed E-state index contributed by atoms with van der Waals surface area (Å²) >= 11 is 0. The summed E-state index contributed by atoms with van der Waals surface area (Å²) < 4.78 is 0. The Bertz CT molecular complexity index is 263. The molecule has 0 atom stereocenters. The van der Waals surface area contributed by atoms with E-state index in [1.807, 2.05) is 6.92 Å². The largest absolute Gasteiger partial charge is 0.356 e. The Morgan fingerprint density at radius 2 is 1.72 bits per heavy atom. The van der Waals surface area contributed by atoms with Gasteiger partial charge in [-0.2, -0.15) is 0 Å². The fraction of sp³-hybridized carbons (Fsp3) is 0.846. The van der Waals surface area contributed by atoms with Crippen molar-refractivity contribution in [2.45, 2.75) is 51.5 Å². The van der Waals surface area contributed by atoms with E-state index in [2.05, 4.69) is 16.0 Å². The molecule has 5 nitrogen and oxygen atoms in total. The van der Waals surface area contributed by atoms with Gasteiger partial charge < -0.3 is 16.0 Å². The van der Waals surface area contributed by atoms with E-state index in [9.17, 15) is 9.59 Å². The molecule has 0 aromatic heterocycles. The molecule has 1 fully saturated rings. The Balaban J connectivity index is 1.97. The van der Waals surface area contributed by atoms with E-state index in [1.54, 1.807) is 0 Å². The summed E-state index contributed by atoms with van der Waals surface area (Å²) in [6.07, 6.45) is 6.16. The highest BCUT2D eigenvalue weighted by molar-refractivity contribution is 5.80. The molecule has 0 aromatic rings. The molecule has 0 aromatic carbocycles. The minimum atomic E-state index is -0.0230. The van der Waals surface area contributed by atoms with E-state index in [0.717, 1.165) is 6.42 Å². The van der Waals surface area contributed by atoms with Crippen LogP contribution < -0.4 is 16.0 Å². The molecule has 1 aliphatic rings. The van der Waals surface area contributed by atoms with Crippen molar-refractivity contribution in [2.24, 2.45) is 0 Å². The summed E-state index contributed by atoms with van der Waals surface area (Å²) in [7, 11) is 0.